The quantitative estimate of drug-likeness (QED) is 0.501. The minimum Gasteiger partial charge on any atom is -0.368 e. The molecule has 0 spiro atoms. The van der Waals surface area contributed by atoms with Crippen LogP contribution in [0.25, 0.3) is 0 Å². The minimum absolute atomic E-state index is 0.171. The molecule has 1 aromatic carbocycles. The van der Waals surface area contributed by atoms with Gasteiger partial charge in [0.05, 0.1) is 8.49 Å². The summed E-state index contributed by atoms with van der Waals surface area (Å²) >= 11 is 2.03. The van der Waals surface area contributed by atoms with Crippen molar-refractivity contribution in [2.45, 2.75) is 25.8 Å². The Morgan fingerprint density at radius 1 is 1.53 bits per heavy atom. The van der Waals surface area contributed by atoms with Crippen LogP contribution in [-0.2, 0) is 0 Å². The highest BCUT2D eigenvalue weighted by atomic mass is 127. The molecule has 1 heterocycles. The SMILES string of the molecule is CC1CCC(CN)CN1c1ccc([N+](=O)[O-])c(I)c1. The first-order chi connectivity index (χ1) is 9.02. The second kappa shape index (κ2) is 6.04. The maximum Gasteiger partial charge on any atom is 0.282 e. The average Bonchev–Trinajstić information content (AvgIpc) is 2.38. The summed E-state index contributed by atoms with van der Waals surface area (Å²) in [5.74, 6) is 0.518. The van der Waals surface area contributed by atoms with Gasteiger partial charge in [-0.25, -0.2) is 0 Å². The van der Waals surface area contributed by atoms with E-state index in [2.05, 4.69) is 11.8 Å². The highest BCUT2D eigenvalue weighted by Crippen LogP contribution is 2.31. The van der Waals surface area contributed by atoms with E-state index in [9.17, 15) is 10.1 Å². The van der Waals surface area contributed by atoms with Gasteiger partial charge < -0.3 is 10.6 Å². The number of piperidine rings is 1. The summed E-state index contributed by atoms with van der Waals surface area (Å²) in [6, 6.07) is 5.79. The molecular weight excluding hydrogens is 357 g/mol. The zero-order valence-corrected chi connectivity index (χ0v) is 13.0. The minimum atomic E-state index is -0.339. The summed E-state index contributed by atoms with van der Waals surface area (Å²) in [5, 5.41) is 10.8. The van der Waals surface area contributed by atoms with Crippen LogP contribution in [0.3, 0.4) is 0 Å². The molecule has 19 heavy (non-hydrogen) atoms. The van der Waals surface area contributed by atoms with Crippen molar-refractivity contribution in [2.75, 3.05) is 18.0 Å². The number of hydrogen-bond donors (Lipinski definition) is 1. The molecule has 2 atom stereocenters. The molecule has 5 nitrogen and oxygen atoms in total. The van der Waals surface area contributed by atoms with Crippen LogP contribution in [0, 0.1) is 19.6 Å². The number of halogens is 1. The predicted octanol–water partition coefficient (Wildman–Crippen LogP) is 2.76. The number of hydrogen-bond acceptors (Lipinski definition) is 4. The Balaban J connectivity index is 2.25. The third-order valence-electron chi connectivity index (χ3n) is 3.77. The second-order valence-electron chi connectivity index (χ2n) is 5.07. The standard InChI is InChI=1S/C13H18IN3O2/c1-9-2-3-10(7-15)8-16(9)11-4-5-13(17(18)19)12(14)6-11/h4-6,9-10H,2-3,7-8,15H2,1H3. The maximum atomic E-state index is 10.8. The number of benzene rings is 1. The lowest BCUT2D eigenvalue weighted by Gasteiger charge is -2.39. The van der Waals surface area contributed by atoms with Gasteiger partial charge in [-0.3, -0.25) is 10.1 Å². The van der Waals surface area contributed by atoms with Gasteiger partial charge >= 0.3 is 0 Å². The number of rotatable bonds is 3. The first kappa shape index (κ1) is 14.5. The van der Waals surface area contributed by atoms with Gasteiger partial charge in [0.2, 0.25) is 0 Å². The molecule has 0 amide bonds. The van der Waals surface area contributed by atoms with E-state index in [4.69, 9.17) is 5.73 Å². The summed E-state index contributed by atoms with van der Waals surface area (Å²) in [7, 11) is 0. The van der Waals surface area contributed by atoms with Crippen LogP contribution in [-0.4, -0.2) is 24.1 Å². The van der Waals surface area contributed by atoms with Crippen molar-refractivity contribution >= 4 is 34.0 Å². The Hall–Kier alpha value is -0.890. The van der Waals surface area contributed by atoms with Gasteiger partial charge in [-0.05, 0) is 67.0 Å². The Kier molecular flexibility index (Phi) is 4.62. The fraction of sp³-hybridized carbons (Fsp3) is 0.538. The molecule has 1 aliphatic rings. The number of nitro benzene ring substituents is 1. The van der Waals surface area contributed by atoms with Gasteiger partial charge in [-0.15, -0.1) is 0 Å². The summed E-state index contributed by atoms with van der Waals surface area (Å²) in [4.78, 5) is 12.8. The highest BCUT2D eigenvalue weighted by Gasteiger charge is 2.25. The van der Waals surface area contributed by atoms with Crippen LogP contribution in [0.15, 0.2) is 18.2 Å². The first-order valence-corrected chi connectivity index (χ1v) is 7.51. The summed E-state index contributed by atoms with van der Waals surface area (Å²) in [6.45, 7) is 3.83. The number of nitrogens with two attached hydrogens (primary N) is 1. The Labute approximate surface area is 126 Å². The van der Waals surface area contributed by atoms with Gasteiger partial charge in [0.15, 0.2) is 0 Å². The molecule has 6 heteroatoms. The van der Waals surface area contributed by atoms with E-state index in [1.807, 2.05) is 34.7 Å². The maximum absolute atomic E-state index is 10.8. The van der Waals surface area contributed by atoms with Crippen molar-refractivity contribution in [1.29, 1.82) is 0 Å². The monoisotopic (exact) mass is 375 g/mol. The van der Waals surface area contributed by atoms with Crippen LogP contribution >= 0.6 is 22.6 Å². The lowest BCUT2D eigenvalue weighted by molar-refractivity contribution is -0.385. The lowest BCUT2D eigenvalue weighted by atomic mass is 9.93. The predicted molar refractivity (Wildman–Crippen MR) is 84.4 cm³/mol. The van der Waals surface area contributed by atoms with Gasteiger partial charge in [0.25, 0.3) is 5.69 Å². The molecule has 0 aliphatic carbocycles. The number of nitrogens with zero attached hydrogens (tertiary/aromatic N) is 2. The van der Waals surface area contributed by atoms with Gasteiger partial charge in [-0.1, -0.05) is 0 Å². The summed E-state index contributed by atoms with van der Waals surface area (Å²) < 4.78 is 0.683. The van der Waals surface area contributed by atoms with E-state index in [0.29, 0.717) is 22.1 Å². The van der Waals surface area contributed by atoms with Crippen molar-refractivity contribution in [3.05, 3.63) is 31.9 Å². The van der Waals surface area contributed by atoms with Crippen LogP contribution in [0.4, 0.5) is 11.4 Å². The largest absolute Gasteiger partial charge is 0.368 e. The van der Waals surface area contributed by atoms with E-state index in [-0.39, 0.29) is 10.6 Å². The highest BCUT2D eigenvalue weighted by molar-refractivity contribution is 14.1. The van der Waals surface area contributed by atoms with Crippen LogP contribution < -0.4 is 10.6 Å². The molecule has 1 aliphatic heterocycles. The average molecular weight is 375 g/mol. The summed E-state index contributed by atoms with van der Waals surface area (Å²) in [5.41, 5.74) is 6.99. The fourth-order valence-electron chi connectivity index (χ4n) is 2.56. The third-order valence-corrected chi connectivity index (χ3v) is 4.64. The van der Waals surface area contributed by atoms with E-state index >= 15 is 0 Å². The molecule has 2 rings (SSSR count). The van der Waals surface area contributed by atoms with Gasteiger partial charge in [0, 0.05) is 24.3 Å². The number of anilines is 1. The zero-order chi connectivity index (χ0) is 14.0. The molecule has 0 saturated carbocycles. The van der Waals surface area contributed by atoms with Crippen molar-refractivity contribution in [3.8, 4) is 0 Å². The normalized spacial score (nSPS) is 23.4. The Bertz CT molecular complexity index is 481. The van der Waals surface area contributed by atoms with E-state index < -0.39 is 0 Å². The topological polar surface area (TPSA) is 72.4 Å². The van der Waals surface area contributed by atoms with Crippen LogP contribution in [0.1, 0.15) is 19.8 Å². The molecule has 2 unspecified atom stereocenters. The van der Waals surface area contributed by atoms with Crippen molar-refractivity contribution in [2.24, 2.45) is 11.7 Å². The molecule has 0 bridgehead atoms. The van der Waals surface area contributed by atoms with Crippen LogP contribution in [0.2, 0.25) is 0 Å². The zero-order valence-electron chi connectivity index (χ0n) is 10.9. The lowest BCUT2D eigenvalue weighted by Crippen LogP contribution is -2.44. The molecule has 0 radical (unpaired) electrons. The molecule has 0 aromatic heterocycles. The molecule has 1 aromatic rings. The van der Waals surface area contributed by atoms with E-state index in [1.54, 1.807) is 6.07 Å². The number of nitro groups is 1. The van der Waals surface area contributed by atoms with E-state index in [1.165, 1.54) is 0 Å². The fourth-order valence-corrected chi connectivity index (χ4v) is 3.25. The van der Waals surface area contributed by atoms with E-state index in [0.717, 1.165) is 25.1 Å². The molecule has 104 valence electrons. The van der Waals surface area contributed by atoms with Gasteiger partial charge in [0.1, 0.15) is 0 Å². The van der Waals surface area contributed by atoms with Crippen LogP contribution in [0.5, 0.6) is 0 Å². The van der Waals surface area contributed by atoms with Gasteiger partial charge in [-0.2, -0.15) is 0 Å². The summed E-state index contributed by atoms with van der Waals surface area (Å²) in [6.07, 6.45) is 2.29. The third kappa shape index (κ3) is 3.17. The molecule has 2 N–H and O–H groups in total. The van der Waals surface area contributed by atoms with Crippen molar-refractivity contribution in [1.82, 2.24) is 0 Å². The Morgan fingerprint density at radius 3 is 2.84 bits per heavy atom. The molecule has 1 saturated heterocycles. The van der Waals surface area contributed by atoms with Crippen molar-refractivity contribution < 1.29 is 4.92 Å². The Morgan fingerprint density at radius 2 is 2.26 bits per heavy atom. The molecule has 1 fully saturated rings. The second-order valence-corrected chi connectivity index (χ2v) is 6.24. The van der Waals surface area contributed by atoms with Crippen molar-refractivity contribution in [3.63, 3.8) is 0 Å². The smallest absolute Gasteiger partial charge is 0.282 e. The molecular formula is C13H18IN3O2. The first-order valence-electron chi connectivity index (χ1n) is 6.43.